The predicted octanol–water partition coefficient (Wildman–Crippen LogP) is 5.92. The second-order valence-corrected chi connectivity index (χ2v) is 13.0. The van der Waals surface area contributed by atoms with Gasteiger partial charge in [0, 0.05) is 32.2 Å². The maximum Gasteiger partial charge on any atom is 0.259 e. The first-order chi connectivity index (χ1) is 18.9. The van der Waals surface area contributed by atoms with Crippen LogP contribution in [0.1, 0.15) is 48.5 Å². The van der Waals surface area contributed by atoms with Gasteiger partial charge in [-0.05, 0) is 67.7 Å². The number of carbonyl (C=O) groups excluding carboxylic acids is 1. The molecule has 8 heteroatoms. The number of benzene rings is 3. The van der Waals surface area contributed by atoms with Gasteiger partial charge in [-0.1, -0.05) is 49.4 Å². The Balaban J connectivity index is 1.35. The van der Waals surface area contributed by atoms with Crippen LogP contribution in [0.5, 0.6) is 11.5 Å². The van der Waals surface area contributed by atoms with Crippen LogP contribution in [-0.2, 0) is 16.4 Å². The zero-order valence-corrected chi connectivity index (χ0v) is 23.1. The molecule has 1 amide bonds. The number of nitrogens with one attached hydrogen (secondary N) is 1. The first-order valence-electron chi connectivity index (χ1n) is 13.9. The van der Waals surface area contributed by atoms with E-state index >= 15 is 0 Å². The molecule has 1 N–H and O–H groups in total. The standard InChI is InChI=1S/C31H35N3O4S/c1-22-11-17-34(18-12-22)39(36,37)30-20-25-29(38-28-10-6-5-9-26(28)32-31(25)35)21-27(30)33-15-13-24(14-16-33)19-23-7-3-2-4-8-23/h2-10,20-22,24H,11-19H2,1H3,(H,32,35). The SMILES string of the molecule is CC1CCN(S(=O)(=O)c2cc3c(cc2N2CCC(Cc4ccccc4)CC2)Oc2ccccc2NC3=O)CC1. The molecule has 0 aromatic heterocycles. The zero-order valence-electron chi connectivity index (χ0n) is 22.3. The lowest BCUT2D eigenvalue weighted by Crippen LogP contribution is -2.40. The minimum absolute atomic E-state index is 0.196. The quantitative estimate of drug-likeness (QED) is 0.430. The van der Waals surface area contributed by atoms with Crippen molar-refractivity contribution in [3.8, 4) is 11.5 Å². The molecule has 2 saturated heterocycles. The predicted molar refractivity (Wildman–Crippen MR) is 153 cm³/mol. The average molecular weight is 546 g/mol. The lowest BCUT2D eigenvalue weighted by molar-refractivity contribution is 0.102. The van der Waals surface area contributed by atoms with Crippen molar-refractivity contribution in [2.24, 2.45) is 11.8 Å². The number of carbonyl (C=O) groups is 1. The summed E-state index contributed by atoms with van der Waals surface area (Å²) in [7, 11) is -3.81. The van der Waals surface area contributed by atoms with Crippen molar-refractivity contribution in [3.05, 3.63) is 77.9 Å². The Bertz CT molecular complexity index is 1460. The largest absolute Gasteiger partial charge is 0.454 e. The molecule has 3 heterocycles. The maximum atomic E-state index is 14.1. The van der Waals surface area contributed by atoms with E-state index in [0.717, 1.165) is 45.2 Å². The third-order valence-electron chi connectivity index (χ3n) is 8.34. The van der Waals surface area contributed by atoms with Crippen LogP contribution in [-0.4, -0.2) is 44.8 Å². The third-order valence-corrected chi connectivity index (χ3v) is 10.3. The van der Waals surface area contributed by atoms with Crippen molar-refractivity contribution in [1.29, 1.82) is 0 Å². The molecule has 0 radical (unpaired) electrons. The van der Waals surface area contributed by atoms with Crippen molar-refractivity contribution in [1.82, 2.24) is 4.31 Å². The molecule has 204 valence electrons. The Hall–Kier alpha value is -3.36. The highest BCUT2D eigenvalue weighted by molar-refractivity contribution is 7.89. The summed E-state index contributed by atoms with van der Waals surface area (Å²) in [5, 5.41) is 2.88. The highest BCUT2D eigenvalue weighted by atomic mass is 32.2. The van der Waals surface area contributed by atoms with Crippen LogP contribution in [0.15, 0.2) is 71.6 Å². The summed E-state index contributed by atoms with van der Waals surface area (Å²) < 4.78 is 36.0. The van der Waals surface area contributed by atoms with Gasteiger partial charge in [0.1, 0.15) is 10.6 Å². The smallest absolute Gasteiger partial charge is 0.259 e. The van der Waals surface area contributed by atoms with Gasteiger partial charge in [0.2, 0.25) is 10.0 Å². The fourth-order valence-corrected chi connectivity index (χ4v) is 7.61. The normalized spacial score (nSPS) is 19.0. The molecule has 0 bridgehead atoms. The lowest BCUT2D eigenvalue weighted by Gasteiger charge is -2.36. The summed E-state index contributed by atoms with van der Waals surface area (Å²) in [6, 6.07) is 21.1. The van der Waals surface area contributed by atoms with E-state index < -0.39 is 10.0 Å². The van der Waals surface area contributed by atoms with Gasteiger partial charge in [-0.15, -0.1) is 0 Å². The summed E-state index contributed by atoms with van der Waals surface area (Å²) in [5.74, 6) is 1.60. The molecule has 0 unspecified atom stereocenters. The molecule has 3 aliphatic rings. The molecule has 0 saturated carbocycles. The second kappa shape index (κ2) is 10.7. The molecule has 7 nitrogen and oxygen atoms in total. The summed E-state index contributed by atoms with van der Waals surface area (Å²) in [4.78, 5) is 15.6. The first kappa shape index (κ1) is 25.9. The third kappa shape index (κ3) is 5.28. The number of nitrogens with zero attached hydrogens (tertiary/aromatic N) is 2. The van der Waals surface area contributed by atoms with Crippen molar-refractivity contribution < 1.29 is 17.9 Å². The van der Waals surface area contributed by atoms with Crippen molar-refractivity contribution >= 4 is 27.3 Å². The number of rotatable bonds is 5. The molecule has 3 aromatic carbocycles. The molecule has 6 rings (SSSR count). The van der Waals surface area contributed by atoms with Crippen LogP contribution in [0.3, 0.4) is 0 Å². The van der Waals surface area contributed by atoms with Gasteiger partial charge < -0.3 is 15.0 Å². The van der Waals surface area contributed by atoms with E-state index in [1.54, 1.807) is 22.5 Å². The Morgan fingerprint density at radius 3 is 2.31 bits per heavy atom. The second-order valence-electron chi connectivity index (χ2n) is 11.1. The number of hydrogen-bond acceptors (Lipinski definition) is 5. The van der Waals surface area contributed by atoms with Gasteiger partial charge in [-0.25, -0.2) is 8.42 Å². The summed E-state index contributed by atoms with van der Waals surface area (Å²) >= 11 is 0. The average Bonchev–Trinajstić information content (AvgIpc) is 3.09. The molecule has 0 aliphatic carbocycles. The van der Waals surface area contributed by atoms with E-state index in [-0.39, 0.29) is 16.4 Å². The van der Waals surface area contributed by atoms with Crippen LogP contribution in [0, 0.1) is 11.8 Å². The number of amides is 1. The lowest BCUT2D eigenvalue weighted by atomic mass is 9.90. The highest BCUT2D eigenvalue weighted by Gasteiger charge is 2.35. The minimum Gasteiger partial charge on any atom is -0.454 e. The number of sulfonamides is 1. The molecular weight excluding hydrogens is 510 g/mol. The summed E-state index contributed by atoms with van der Waals surface area (Å²) in [6.07, 6.45) is 4.64. The van der Waals surface area contributed by atoms with E-state index in [9.17, 15) is 13.2 Å². The number of ether oxygens (including phenoxy) is 1. The van der Waals surface area contributed by atoms with Gasteiger partial charge in [-0.2, -0.15) is 4.31 Å². The number of para-hydroxylation sites is 2. The van der Waals surface area contributed by atoms with E-state index in [2.05, 4.69) is 41.4 Å². The van der Waals surface area contributed by atoms with Gasteiger partial charge in [0.05, 0.1) is 16.9 Å². The van der Waals surface area contributed by atoms with Crippen LogP contribution >= 0.6 is 0 Å². The van der Waals surface area contributed by atoms with Gasteiger partial charge in [0.25, 0.3) is 5.91 Å². The number of fused-ring (bicyclic) bond motifs is 2. The summed E-state index contributed by atoms with van der Waals surface area (Å²) in [6.45, 7) is 4.65. The first-order valence-corrected chi connectivity index (χ1v) is 15.4. The fourth-order valence-electron chi connectivity index (χ4n) is 5.92. The molecule has 2 fully saturated rings. The van der Waals surface area contributed by atoms with Crippen LogP contribution in [0.2, 0.25) is 0 Å². The number of anilines is 2. The number of hydrogen-bond donors (Lipinski definition) is 1. The number of piperidine rings is 2. The zero-order chi connectivity index (χ0) is 27.0. The van der Waals surface area contributed by atoms with Crippen molar-refractivity contribution in [2.45, 2.75) is 43.9 Å². The van der Waals surface area contributed by atoms with Crippen LogP contribution < -0.4 is 15.0 Å². The van der Waals surface area contributed by atoms with Gasteiger partial charge >= 0.3 is 0 Å². The van der Waals surface area contributed by atoms with Crippen LogP contribution in [0.4, 0.5) is 11.4 Å². The monoisotopic (exact) mass is 545 g/mol. The van der Waals surface area contributed by atoms with E-state index in [1.807, 2.05) is 18.2 Å². The van der Waals surface area contributed by atoms with E-state index in [4.69, 9.17) is 4.74 Å². The maximum absolute atomic E-state index is 14.1. The van der Waals surface area contributed by atoms with Crippen molar-refractivity contribution in [3.63, 3.8) is 0 Å². The Labute approximate surface area is 230 Å². The van der Waals surface area contributed by atoms with Crippen LogP contribution in [0.25, 0.3) is 0 Å². The van der Waals surface area contributed by atoms with E-state index in [0.29, 0.717) is 47.8 Å². The van der Waals surface area contributed by atoms with Gasteiger partial charge in [-0.3, -0.25) is 4.79 Å². The molecule has 39 heavy (non-hydrogen) atoms. The molecule has 0 spiro atoms. The topological polar surface area (TPSA) is 79.0 Å². The Kier molecular flexibility index (Phi) is 7.08. The van der Waals surface area contributed by atoms with E-state index in [1.165, 1.54) is 11.6 Å². The molecular formula is C31H35N3O4S. The van der Waals surface area contributed by atoms with Crippen molar-refractivity contribution in [2.75, 3.05) is 36.4 Å². The molecule has 3 aromatic rings. The Morgan fingerprint density at radius 1 is 0.872 bits per heavy atom. The molecule has 3 aliphatic heterocycles. The fraction of sp³-hybridized carbons (Fsp3) is 0.387. The van der Waals surface area contributed by atoms with Gasteiger partial charge in [0.15, 0.2) is 5.75 Å². The highest BCUT2D eigenvalue weighted by Crippen LogP contribution is 2.42. The summed E-state index contributed by atoms with van der Waals surface area (Å²) in [5.41, 5.74) is 2.76. The Morgan fingerprint density at radius 2 is 1.56 bits per heavy atom. The minimum atomic E-state index is -3.81. The molecule has 0 atom stereocenters.